The first kappa shape index (κ1) is 13.5. The van der Waals surface area contributed by atoms with E-state index in [1.807, 2.05) is 18.2 Å². The highest BCUT2D eigenvalue weighted by atomic mass is 35.5. The predicted octanol–water partition coefficient (Wildman–Crippen LogP) is 2.93. The summed E-state index contributed by atoms with van der Waals surface area (Å²) >= 11 is 6.20. The van der Waals surface area contributed by atoms with E-state index in [2.05, 4.69) is 31.9 Å². The predicted molar refractivity (Wildman–Crippen MR) is 70.7 cm³/mol. The van der Waals surface area contributed by atoms with Crippen molar-refractivity contribution in [2.45, 2.75) is 19.9 Å². The molecule has 0 saturated heterocycles. The topological polar surface area (TPSA) is 29.3 Å². The molecule has 0 aromatic heterocycles. The Hall–Kier alpha value is -0.570. The van der Waals surface area contributed by atoms with E-state index in [0.717, 1.165) is 17.1 Å². The van der Waals surface area contributed by atoms with Crippen LogP contribution in [0.1, 0.15) is 25.5 Å². The van der Waals surface area contributed by atoms with Gasteiger partial charge in [-0.15, -0.1) is 0 Å². The summed E-state index contributed by atoms with van der Waals surface area (Å²) in [6, 6.07) is 8.13. The Morgan fingerprint density at radius 3 is 2.44 bits per heavy atom. The molecule has 16 heavy (non-hydrogen) atoms. The first-order valence-corrected chi connectivity index (χ1v) is 6.08. The van der Waals surface area contributed by atoms with Gasteiger partial charge in [0.25, 0.3) is 0 Å². The Labute approximate surface area is 103 Å². The number of hydrogen-bond acceptors (Lipinski definition) is 2. The number of hydrogen-bond donors (Lipinski definition) is 1. The van der Waals surface area contributed by atoms with Gasteiger partial charge in [-0.2, -0.15) is 0 Å². The number of halogens is 1. The standard InChI is InChI=1S/C13H21ClN2/c1-10(2)9-16(3)13(8-15)11-6-4-5-7-12(11)14/h4-7,10,13H,8-9,15H2,1-3H3. The second-order valence-corrected chi connectivity index (χ2v) is 5.01. The average Bonchev–Trinajstić information content (AvgIpc) is 2.20. The van der Waals surface area contributed by atoms with Gasteiger partial charge in [-0.3, -0.25) is 4.90 Å². The van der Waals surface area contributed by atoms with Crippen LogP contribution in [0.25, 0.3) is 0 Å². The average molecular weight is 241 g/mol. The van der Waals surface area contributed by atoms with E-state index >= 15 is 0 Å². The quantitative estimate of drug-likeness (QED) is 0.858. The SMILES string of the molecule is CC(C)CN(C)C(CN)c1ccccc1Cl. The molecule has 0 aliphatic heterocycles. The van der Waals surface area contributed by atoms with Crippen molar-refractivity contribution in [3.8, 4) is 0 Å². The molecule has 1 aromatic rings. The van der Waals surface area contributed by atoms with Gasteiger partial charge in [-0.25, -0.2) is 0 Å². The highest BCUT2D eigenvalue weighted by molar-refractivity contribution is 6.31. The molecule has 90 valence electrons. The number of nitrogens with zero attached hydrogens (tertiary/aromatic N) is 1. The third kappa shape index (κ3) is 3.48. The molecule has 0 saturated carbocycles. The van der Waals surface area contributed by atoms with E-state index in [1.54, 1.807) is 0 Å². The Morgan fingerprint density at radius 1 is 1.31 bits per heavy atom. The summed E-state index contributed by atoms with van der Waals surface area (Å²) in [6.45, 7) is 6.02. The number of likely N-dealkylation sites (N-methyl/N-ethyl adjacent to an activating group) is 1. The van der Waals surface area contributed by atoms with Crippen LogP contribution in [0.3, 0.4) is 0 Å². The van der Waals surface area contributed by atoms with Gasteiger partial charge in [0, 0.05) is 24.2 Å². The zero-order valence-electron chi connectivity index (χ0n) is 10.3. The lowest BCUT2D eigenvalue weighted by Crippen LogP contribution is -2.33. The number of rotatable bonds is 5. The summed E-state index contributed by atoms with van der Waals surface area (Å²) in [6.07, 6.45) is 0. The van der Waals surface area contributed by atoms with Crippen LogP contribution in [-0.4, -0.2) is 25.0 Å². The molecule has 0 radical (unpaired) electrons. The summed E-state index contributed by atoms with van der Waals surface area (Å²) in [5.41, 5.74) is 6.97. The van der Waals surface area contributed by atoms with Gasteiger partial charge in [0.1, 0.15) is 0 Å². The van der Waals surface area contributed by atoms with Crippen LogP contribution in [-0.2, 0) is 0 Å². The monoisotopic (exact) mass is 240 g/mol. The minimum Gasteiger partial charge on any atom is -0.329 e. The molecular formula is C13H21ClN2. The molecule has 2 N–H and O–H groups in total. The third-order valence-electron chi connectivity index (χ3n) is 2.67. The fraction of sp³-hybridized carbons (Fsp3) is 0.538. The third-order valence-corrected chi connectivity index (χ3v) is 3.02. The molecule has 0 fully saturated rings. The maximum Gasteiger partial charge on any atom is 0.0482 e. The van der Waals surface area contributed by atoms with Crippen molar-refractivity contribution in [3.05, 3.63) is 34.9 Å². The van der Waals surface area contributed by atoms with Crippen LogP contribution in [0.15, 0.2) is 24.3 Å². The van der Waals surface area contributed by atoms with Gasteiger partial charge in [-0.1, -0.05) is 43.6 Å². The molecular weight excluding hydrogens is 220 g/mol. The van der Waals surface area contributed by atoms with Gasteiger partial charge in [-0.05, 0) is 24.6 Å². The maximum absolute atomic E-state index is 6.20. The van der Waals surface area contributed by atoms with Crippen LogP contribution in [0.2, 0.25) is 5.02 Å². The minimum atomic E-state index is 0.205. The Kier molecular flexibility index (Phi) is 5.26. The van der Waals surface area contributed by atoms with E-state index in [4.69, 9.17) is 17.3 Å². The van der Waals surface area contributed by atoms with E-state index < -0.39 is 0 Å². The number of nitrogens with two attached hydrogens (primary N) is 1. The molecule has 1 aromatic carbocycles. The van der Waals surface area contributed by atoms with Crippen LogP contribution < -0.4 is 5.73 Å². The molecule has 0 heterocycles. The van der Waals surface area contributed by atoms with Gasteiger partial charge in [0.15, 0.2) is 0 Å². The molecule has 3 heteroatoms. The summed E-state index contributed by atoms with van der Waals surface area (Å²) in [7, 11) is 2.10. The van der Waals surface area contributed by atoms with Crippen LogP contribution in [0, 0.1) is 5.92 Å². The van der Waals surface area contributed by atoms with E-state index in [0.29, 0.717) is 12.5 Å². The molecule has 0 amide bonds. The van der Waals surface area contributed by atoms with Crippen molar-refractivity contribution in [2.24, 2.45) is 11.7 Å². The molecule has 0 bridgehead atoms. The molecule has 1 rings (SSSR count). The van der Waals surface area contributed by atoms with Crippen molar-refractivity contribution in [1.82, 2.24) is 4.90 Å². The lowest BCUT2D eigenvalue weighted by atomic mass is 10.0. The molecule has 1 unspecified atom stereocenters. The largest absolute Gasteiger partial charge is 0.329 e. The molecule has 0 spiro atoms. The van der Waals surface area contributed by atoms with Crippen LogP contribution in [0.4, 0.5) is 0 Å². The summed E-state index contributed by atoms with van der Waals surface area (Å²) < 4.78 is 0. The lowest BCUT2D eigenvalue weighted by molar-refractivity contribution is 0.224. The summed E-state index contributed by atoms with van der Waals surface area (Å²) in [4.78, 5) is 2.27. The normalized spacial score (nSPS) is 13.4. The van der Waals surface area contributed by atoms with Gasteiger partial charge in [0.05, 0.1) is 0 Å². The summed E-state index contributed by atoms with van der Waals surface area (Å²) in [5, 5.41) is 0.800. The maximum atomic E-state index is 6.20. The Morgan fingerprint density at radius 2 is 1.94 bits per heavy atom. The molecule has 0 aliphatic rings. The highest BCUT2D eigenvalue weighted by Gasteiger charge is 2.18. The fourth-order valence-corrected chi connectivity index (χ4v) is 2.25. The van der Waals surface area contributed by atoms with Crippen LogP contribution in [0.5, 0.6) is 0 Å². The van der Waals surface area contributed by atoms with E-state index in [9.17, 15) is 0 Å². The second-order valence-electron chi connectivity index (χ2n) is 4.61. The van der Waals surface area contributed by atoms with E-state index in [-0.39, 0.29) is 6.04 Å². The van der Waals surface area contributed by atoms with Gasteiger partial charge >= 0.3 is 0 Å². The van der Waals surface area contributed by atoms with Crippen molar-refractivity contribution in [3.63, 3.8) is 0 Å². The number of benzene rings is 1. The highest BCUT2D eigenvalue weighted by Crippen LogP contribution is 2.26. The Balaban J connectivity index is 2.86. The fourth-order valence-electron chi connectivity index (χ4n) is 1.99. The second kappa shape index (κ2) is 6.24. The van der Waals surface area contributed by atoms with Gasteiger partial charge in [0.2, 0.25) is 0 Å². The smallest absolute Gasteiger partial charge is 0.0482 e. The molecule has 2 nitrogen and oxygen atoms in total. The zero-order chi connectivity index (χ0) is 12.1. The van der Waals surface area contributed by atoms with Gasteiger partial charge < -0.3 is 5.73 Å². The zero-order valence-corrected chi connectivity index (χ0v) is 11.0. The molecule has 1 atom stereocenters. The van der Waals surface area contributed by atoms with E-state index in [1.165, 1.54) is 0 Å². The van der Waals surface area contributed by atoms with Crippen LogP contribution >= 0.6 is 11.6 Å². The Bertz CT molecular complexity index is 325. The van der Waals surface area contributed by atoms with Crippen molar-refractivity contribution in [1.29, 1.82) is 0 Å². The van der Waals surface area contributed by atoms with Crippen molar-refractivity contribution in [2.75, 3.05) is 20.1 Å². The lowest BCUT2D eigenvalue weighted by Gasteiger charge is -2.29. The van der Waals surface area contributed by atoms with Crippen molar-refractivity contribution >= 4 is 11.6 Å². The molecule has 0 aliphatic carbocycles. The first-order chi connectivity index (χ1) is 7.56. The van der Waals surface area contributed by atoms with Crippen molar-refractivity contribution < 1.29 is 0 Å². The minimum absolute atomic E-state index is 0.205. The summed E-state index contributed by atoms with van der Waals surface area (Å²) in [5.74, 6) is 0.626. The first-order valence-electron chi connectivity index (χ1n) is 5.71.